The summed E-state index contributed by atoms with van der Waals surface area (Å²) in [7, 11) is -3.25. The van der Waals surface area contributed by atoms with Crippen LogP contribution in [0, 0.1) is 0 Å². The second-order valence-electron chi connectivity index (χ2n) is 6.29. The monoisotopic (exact) mass is 424 g/mol. The van der Waals surface area contributed by atoms with Gasteiger partial charge in [0.15, 0.2) is 15.0 Å². The third-order valence-corrected chi connectivity index (χ3v) is 6.09. The summed E-state index contributed by atoms with van der Waals surface area (Å²) in [5.41, 5.74) is 2.40. The molecule has 0 radical (unpaired) electrons. The molecule has 3 rings (SSSR count). The number of carbonyl (C=O) groups is 1. The van der Waals surface area contributed by atoms with Crippen molar-refractivity contribution in [2.45, 2.75) is 4.90 Å². The van der Waals surface area contributed by atoms with Crippen LogP contribution in [0.15, 0.2) is 83.6 Å². The molecular weight excluding hydrogens is 404 g/mol. The van der Waals surface area contributed by atoms with E-state index in [1.54, 1.807) is 41.3 Å². The van der Waals surface area contributed by atoms with Crippen LogP contribution in [0.2, 0.25) is 0 Å². The van der Waals surface area contributed by atoms with E-state index in [0.717, 1.165) is 11.1 Å². The van der Waals surface area contributed by atoms with Crippen molar-refractivity contribution in [1.29, 1.82) is 0 Å². The number of hydrogen-bond donors (Lipinski definition) is 0. The second-order valence-corrected chi connectivity index (χ2v) is 9.15. The van der Waals surface area contributed by atoms with Gasteiger partial charge in [0.1, 0.15) is 0 Å². The lowest BCUT2D eigenvalue weighted by Gasteiger charge is -2.15. The minimum absolute atomic E-state index is 0.193. The number of amides is 1. The van der Waals surface area contributed by atoms with Gasteiger partial charge in [-0.15, -0.1) is 17.9 Å². The van der Waals surface area contributed by atoms with Crippen LogP contribution in [0.1, 0.15) is 5.56 Å². The largest absolute Gasteiger partial charge is 0.281 e. The van der Waals surface area contributed by atoms with Crippen molar-refractivity contribution < 1.29 is 13.2 Å². The fourth-order valence-corrected chi connectivity index (χ4v) is 4.09. The minimum atomic E-state index is -3.25. The molecule has 0 aliphatic carbocycles. The van der Waals surface area contributed by atoms with Crippen molar-refractivity contribution in [2.24, 2.45) is 0 Å². The Bertz CT molecular complexity index is 1130. The number of nitrogens with zero attached hydrogens (tertiary/aromatic N) is 2. The number of benzene rings is 2. The van der Waals surface area contributed by atoms with Crippen LogP contribution in [0.4, 0.5) is 5.13 Å². The van der Waals surface area contributed by atoms with Gasteiger partial charge in [-0.1, -0.05) is 48.5 Å². The molecule has 0 spiro atoms. The molecule has 1 amide bonds. The molecule has 148 valence electrons. The smallest absolute Gasteiger partial charge is 0.253 e. The van der Waals surface area contributed by atoms with Crippen LogP contribution in [-0.2, 0) is 14.6 Å². The average molecular weight is 425 g/mol. The van der Waals surface area contributed by atoms with Gasteiger partial charge >= 0.3 is 0 Å². The normalized spacial score (nSPS) is 11.5. The van der Waals surface area contributed by atoms with E-state index in [9.17, 15) is 13.2 Å². The number of hydrogen-bond acceptors (Lipinski definition) is 5. The maximum absolute atomic E-state index is 12.7. The summed E-state index contributed by atoms with van der Waals surface area (Å²) < 4.78 is 23.2. The van der Waals surface area contributed by atoms with Gasteiger partial charge in [0.2, 0.25) is 0 Å². The number of rotatable bonds is 7. The van der Waals surface area contributed by atoms with E-state index in [1.165, 1.54) is 23.7 Å². The highest BCUT2D eigenvalue weighted by molar-refractivity contribution is 7.90. The lowest BCUT2D eigenvalue weighted by molar-refractivity contribution is -0.114. The van der Waals surface area contributed by atoms with Crippen molar-refractivity contribution in [3.63, 3.8) is 0 Å². The van der Waals surface area contributed by atoms with E-state index < -0.39 is 9.84 Å². The molecule has 29 heavy (non-hydrogen) atoms. The Balaban J connectivity index is 1.82. The number of sulfone groups is 1. The Labute approximate surface area is 174 Å². The molecule has 0 aliphatic rings. The Hall–Kier alpha value is -3.03. The predicted octanol–water partition coefficient (Wildman–Crippen LogP) is 4.45. The van der Waals surface area contributed by atoms with Crippen molar-refractivity contribution in [3.8, 4) is 11.3 Å². The first-order chi connectivity index (χ1) is 13.9. The van der Waals surface area contributed by atoms with Gasteiger partial charge in [-0.3, -0.25) is 9.69 Å². The van der Waals surface area contributed by atoms with Crippen LogP contribution in [0.5, 0.6) is 0 Å². The molecule has 0 aliphatic heterocycles. The van der Waals surface area contributed by atoms with E-state index in [-0.39, 0.29) is 10.8 Å². The van der Waals surface area contributed by atoms with Gasteiger partial charge in [0.05, 0.1) is 10.6 Å². The first kappa shape index (κ1) is 20.7. The summed E-state index contributed by atoms with van der Waals surface area (Å²) in [6.07, 6.45) is 6.10. The third-order valence-electron chi connectivity index (χ3n) is 4.10. The summed E-state index contributed by atoms with van der Waals surface area (Å²) in [6.45, 7) is 4.06. The van der Waals surface area contributed by atoms with Crippen LogP contribution in [-0.4, -0.2) is 32.1 Å². The van der Waals surface area contributed by atoms with Crippen LogP contribution in [0.3, 0.4) is 0 Å². The SMILES string of the molecule is C=CCN(C(=O)C=Cc1ccccc1)c1nc(-c2ccc(S(C)(=O)=O)cc2)cs1. The van der Waals surface area contributed by atoms with Crippen LogP contribution in [0.25, 0.3) is 17.3 Å². The van der Waals surface area contributed by atoms with Gasteiger partial charge in [-0.25, -0.2) is 13.4 Å². The Morgan fingerprint density at radius 3 is 2.45 bits per heavy atom. The lowest BCUT2D eigenvalue weighted by atomic mass is 10.2. The van der Waals surface area contributed by atoms with E-state index >= 15 is 0 Å². The predicted molar refractivity (Wildman–Crippen MR) is 119 cm³/mol. The molecule has 0 unspecified atom stereocenters. The van der Waals surface area contributed by atoms with Gasteiger partial charge in [-0.2, -0.15) is 0 Å². The highest BCUT2D eigenvalue weighted by atomic mass is 32.2. The van der Waals surface area contributed by atoms with E-state index in [0.29, 0.717) is 17.4 Å². The summed E-state index contributed by atoms with van der Waals surface area (Å²) in [6, 6.07) is 16.1. The quantitative estimate of drug-likeness (QED) is 0.415. The Morgan fingerprint density at radius 1 is 1.14 bits per heavy atom. The highest BCUT2D eigenvalue weighted by Gasteiger charge is 2.17. The minimum Gasteiger partial charge on any atom is -0.281 e. The Kier molecular flexibility index (Phi) is 6.41. The third kappa shape index (κ3) is 5.28. The molecule has 0 bridgehead atoms. The molecule has 0 atom stereocenters. The summed E-state index contributed by atoms with van der Waals surface area (Å²) in [5, 5.41) is 2.39. The maximum atomic E-state index is 12.7. The second kappa shape index (κ2) is 8.98. The summed E-state index contributed by atoms with van der Waals surface area (Å²) in [5.74, 6) is -0.193. The molecule has 0 fully saturated rings. The standard InChI is InChI=1S/C22H20N2O3S2/c1-3-15-24(21(25)14-9-17-7-5-4-6-8-17)22-23-20(16-28-22)18-10-12-19(13-11-18)29(2,26)27/h3-14,16H,1,15H2,2H3. The van der Waals surface area contributed by atoms with Crippen molar-refractivity contribution in [1.82, 2.24) is 4.98 Å². The highest BCUT2D eigenvalue weighted by Crippen LogP contribution is 2.28. The van der Waals surface area contributed by atoms with Gasteiger partial charge < -0.3 is 0 Å². The van der Waals surface area contributed by atoms with Gasteiger partial charge in [-0.05, 0) is 23.8 Å². The number of anilines is 1. The molecular formula is C22H20N2O3S2. The van der Waals surface area contributed by atoms with E-state index in [4.69, 9.17) is 0 Å². The molecule has 0 saturated heterocycles. The van der Waals surface area contributed by atoms with Gasteiger partial charge in [0, 0.05) is 29.8 Å². The lowest BCUT2D eigenvalue weighted by Crippen LogP contribution is -2.29. The van der Waals surface area contributed by atoms with E-state index in [1.807, 2.05) is 35.7 Å². The average Bonchev–Trinajstić information content (AvgIpc) is 3.20. The van der Waals surface area contributed by atoms with E-state index in [2.05, 4.69) is 11.6 Å². The first-order valence-corrected chi connectivity index (χ1v) is 11.6. The summed E-state index contributed by atoms with van der Waals surface area (Å²) in [4.78, 5) is 19.1. The fraction of sp³-hybridized carbons (Fsp3) is 0.0909. The zero-order chi connectivity index (χ0) is 20.9. The maximum Gasteiger partial charge on any atom is 0.253 e. The molecule has 1 heterocycles. The topological polar surface area (TPSA) is 67.3 Å². The number of aromatic nitrogens is 1. The molecule has 0 N–H and O–H groups in total. The molecule has 1 aromatic heterocycles. The molecule has 5 nitrogen and oxygen atoms in total. The van der Waals surface area contributed by atoms with Crippen LogP contribution < -0.4 is 4.90 Å². The summed E-state index contributed by atoms with van der Waals surface area (Å²) >= 11 is 1.35. The zero-order valence-electron chi connectivity index (χ0n) is 15.9. The Morgan fingerprint density at radius 2 is 1.83 bits per heavy atom. The van der Waals surface area contributed by atoms with Gasteiger partial charge in [0.25, 0.3) is 5.91 Å². The molecule has 2 aromatic carbocycles. The molecule has 3 aromatic rings. The zero-order valence-corrected chi connectivity index (χ0v) is 17.5. The molecule has 7 heteroatoms. The first-order valence-electron chi connectivity index (χ1n) is 8.80. The van der Waals surface area contributed by atoms with Crippen molar-refractivity contribution in [2.75, 3.05) is 17.7 Å². The number of carbonyl (C=O) groups excluding carboxylic acids is 1. The number of thiazole rings is 1. The van der Waals surface area contributed by atoms with Crippen molar-refractivity contribution >= 4 is 38.3 Å². The molecule has 0 saturated carbocycles. The van der Waals surface area contributed by atoms with Crippen molar-refractivity contribution in [3.05, 3.63) is 84.3 Å². The van der Waals surface area contributed by atoms with Crippen LogP contribution >= 0.6 is 11.3 Å². The fourth-order valence-electron chi connectivity index (χ4n) is 2.61.